The topological polar surface area (TPSA) is 105 Å². The fraction of sp³-hybridized carbons (Fsp3) is 0.389. The molecular formula is C18H21N5O4S. The van der Waals surface area contributed by atoms with Gasteiger partial charge in [0.05, 0.1) is 12.2 Å². The van der Waals surface area contributed by atoms with Crippen LogP contribution in [0.15, 0.2) is 18.2 Å². The van der Waals surface area contributed by atoms with Gasteiger partial charge in [-0.15, -0.1) is 0 Å². The fourth-order valence-electron chi connectivity index (χ4n) is 2.99. The lowest BCUT2D eigenvalue weighted by Crippen LogP contribution is -2.38. The van der Waals surface area contributed by atoms with Crippen molar-refractivity contribution in [3.05, 3.63) is 28.8 Å². The van der Waals surface area contributed by atoms with Gasteiger partial charge in [-0.2, -0.15) is 0 Å². The molecule has 0 saturated carbocycles. The van der Waals surface area contributed by atoms with Crippen LogP contribution in [0, 0.1) is 0 Å². The molecule has 4 amide bonds. The van der Waals surface area contributed by atoms with Gasteiger partial charge in [-0.25, -0.2) is 14.6 Å². The molecule has 10 heteroatoms. The van der Waals surface area contributed by atoms with Crippen molar-refractivity contribution in [2.24, 2.45) is 0 Å². The molecule has 9 nitrogen and oxygen atoms in total. The van der Waals surface area contributed by atoms with E-state index in [1.807, 2.05) is 13.8 Å². The molecule has 2 aromatic rings. The first-order valence-electron chi connectivity index (χ1n) is 8.99. The summed E-state index contributed by atoms with van der Waals surface area (Å²) in [7, 11) is 0. The maximum Gasteiger partial charge on any atom is 0.322 e. The Bertz CT molecular complexity index is 913. The predicted octanol–water partition coefficient (Wildman–Crippen LogP) is 2.99. The van der Waals surface area contributed by atoms with Crippen molar-refractivity contribution in [3.63, 3.8) is 0 Å². The smallest absolute Gasteiger partial charge is 0.322 e. The van der Waals surface area contributed by atoms with E-state index in [-0.39, 0.29) is 24.9 Å². The number of anilines is 2. The number of ether oxygens (including phenoxy) is 2. The molecule has 3 N–H and O–H groups in total. The number of thiazole rings is 1. The lowest BCUT2D eigenvalue weighted by atomic mass is 10.2. The van der Waals surface area contributed by atoms with Crippen LogP contribution in [0.3, 0.4) is 0 Å². The quantitative estimate of drug-likeness (QED) is 0.731. The van der Waals surface area contributed by atoms with E-state index < -0.39 is 0 Å². The molecule has 0 fully saturated rings. The van der Waals surface area contributed by atoms with Crippen molar-refractivity contribution >= 4 is 34.2 Å². The summed E-state index contributed by atoms with van der Waals surface area (Å²) in [6.07, 6.45) is 0.647. The van der Waals surface area contributed by atoms with Crippen molar-refractivity contribution in [2.45, 2.75) is 32.9 Å². The van der Waals surface area contributed by atoms with Crippen LogP contribution >= 0.6 is 11.3 Å². The third-order valence-electron chi connectivity index (χ3n) is 4.28. The number of fused-ring (bicyclic) bond motifs is 2. The summed E-state index contributed by atoms with van der Waals surface area (Å²) in [5, 5.41) is 8.95. The Kier molecular flexibility index (Phi) is 4.95. The number of benzene rings is 1. The molecule has 0 unspecified atom stereocenters. The van der Waals surface area contributed by atoms with Crippen LogP contribution < -0.4 is 25.4 Å². The number of hydrogen-bond acceptors (Lipinski definition) is 6. The Morgan fingerprint density at radius 3 is 2.86 bits per heavy atom. The SMILES string of the molecule is CC(C)NC(=O)Nc1nc2c(s1)CN(C(=O)Nc1ccc3c(c1)OCO3)CC2. The lowest BCUT2D eigenvalue weighted by molar-refractivity contribution is 0.174. The Hall–Kier alpha value is -3.01. The van der Waals surface area contributed by atoms with Crippen molar-refractivity contribution < 1.29 is 19.1 Å². The largest absolute Gasteiger partial charge is 0.454 e. The first kappa shape index (κ1) is 18.4. The number of carbonyl (C=O) groups is 2. The zero-order valence-electron chi connectivity index (χ0n) is 15.6. The first-order valence-corrected chi connectivity index (χ1v) is 9.81. The molecule has 2 aliphatic heterocycles. The van der Waals surface area contributed by atoms with E-state index in [2.05, 4.69) is 20.9 Å². The minimum absolute atomic E-state index is 0.0463. The number of urea groups is 2. The highest BCUT2D eigenvalue weighted by molar-refractivity contribution is 7.15. The summed E-state index contributed by atoms with van der Waals surface area (Å²) in [5.74, 6) is 1.29. The monoisotopic (exact) mass is 403 g/mol. The highest BCUT2D eigenvalue weighted by Gasteiger charge is 2.25. The summed E-state index contributed by atoms with van der Waals surface area (Å²) >= 11 is 1.39. The van der Waals surface area contributed by atoms with Gasteiger partial charge in [0, 0.05) is 35.6 Å². The van der Waals surface area contributed by atoms with Crippen LogP contribution in [-0.4, -0.2) is 41.3 Å². The van der Waals surface area contributed by atoms with Crippen LogP contribution in [0.1, 0.15) is 24.4 Å². The summed E-state index contributed by atoms with van der Waals surface area (Å²) in [5.41, 5.74) is 1.58. The van der Waals surface area contributed by atoms with Gasteiger partial charge in [-0.05, 0) is 26.0 Å². The van der Waals surface area contributed by atoms with Crippen molar-refractivity contribution in [1.82, 2.24) is 15.2 Å². The molecule has 28 heavy (non-hydrogen) atoms. The van der Waals surface area contributed by atoms with Gasteiger partial charge in [0.2, 0.25) is 6.79 Å². The number of rotatable bonds is 3. The molecule has 0 spiro atoms. The maximum atomic E-state index is 12.6. The zero-order valence-corrected chi connectivity index (χ0v) is 16.4. The third-order valence-corrected chi connectivity index (χ3v) is 5.28. The molecule has 2 aliphatic rings. The van der Waals surface area contributed by atoms with Crippen LogP contribution in [0.25, 0.3) is 0 Å². The molecule has 0 radical (unpaired) electrons. The maximum absolute atomic E-state index is 12.6. The van der Waals surface area contributed by atoms with Crippen LogP contribution in [-0.2, 0) is 13.0 Å². The summed E-state index contributed by atoms with van der Waals surface area (Å²) in [4.78, 5) is 31.7. The molecule has 148 valence electrons. The Morgan fingerprint density at radius 1 is 1.21 bits per heavy atom. The van der Waals surface area contributed by atoms with Gasteiger partial charge in [0.25, 0.3) is 0 Å². The summed E-state index contributed by atoms with van der Waals surface area (Å²) in [6, 6.07) is 4.88. The molecule has 4 rings (SSSR count). The van der Waals surface area contributed by atoms with E-state index in [0.29, 0.717) is 41.8 Å². The highest BCUT2D eigenvalue weighted by atomic mass is 32.1. The van der Waals surface area contributed by atoms with Crippen molar-refractivity contribution in [3.8, 4) is 11.5 Å². The van der Waals surface area contributed by atoms with Crippen LogP contribution in [0.5, 0.6) is 11.5 Å². The van der Waals surface area contributed by atoms with Crippen molar-refractivity contribution in [1.29, 1.82) is 0 Å². The van der Waals surface area contributed by atoms with Crippen LogP contribution in [0.4, 0.5) is 20.4 Å². The van der Waals surface area contributed by atoms with Crippen LogP contribution in [0.2, 0.25) is 0 Å². The normalized spacial score (nSPS) is 14.6. The molecule has 0 atom stereocenters. The number of hydrogen-bond donors (Lipinski definition) is 3. The summed E-state index contributed by atoms with van der Waals surface area (Å²) in [6.45, 7) is 4.99. The van der Waals surface area contributed by atoms with Gasteiger partial charge in [-0.1, -0.05) is 11.3 Å². The van der Waals surface area contributed by atoms with Gasteiger partial charge in [0.1, 0.15) is 0 Å². The van der Waals surface area contributed by atoms with Gasteiger partial charge < -0.3 is 25.0 Å². The number of aromatic nitrogens is 1. The third kappa shape index (κ3) is 3.96. The van der Waals surface area contributed by atoms with E-state index >= 15 is 0 Å². The second-order valence-corrected chi connectivity index (χ2v) is 7.90. The molecule has 3 heterocycles. The number of nitrogens with one attached hydrogen (secondary N) is 3. The summed E-state index contributed by atoms with van der Waals surface area (Å²) < 4.78 is 10.6. The van der Waals surface area contributed by atoms with E-state index in [1.165, 1.54) is 11.3 Å². The predicted molar refractivity (Wildman–Crippen MR) is 105 cm³/mol. The Labute approximate surface area is 166 Å². The second kappa shape index (κ2) is 7.55. The average Bonchev–Trinajstić information content (AvgIpc) is 3.25. The van der Waals surface area contributed by atoms with E-state index in [0.717, 1.165) is 10.6 Å². The van der Waals surface area contributed by atoms with Gasteiger partial charge in [-0.3, -0.25) is 5.32 Å². The molecule has 0 bridgehead atoms. The molecule has 0 saturated heterocycles. The molecule has 0 aliphatic carbocycles. The van der Waals surface area contributed by atoms with E-state index in [9.17, 15) is 9.59 Å². The van der Waals surface area contributed by atoms with E-state index in [4.69, 9.17) is 9.47 Å². The first-order chi connectivity index (χ1) is 13.5. The average molecular weight is 403 g/mol. The van der Waals surface area contributed by atoms with Gasteiger partial charge in [0.15, 0.2) is 16.6 Å². The second-order valence-electron chi connectivity index (χ2n) is 6.81. The molecular weight excluding hydrogens is 382 g/mol. The highest BCUT2D eigenvalue weighted by Crippen LogP contribution is 2.34. The number of carbonyl (C=O) groups excluding carboxylic acids is 2. The van der Waals surface area contributed by atoms with E-state index in [1.54, 1.807) is 23.1 Å². The lowest BCUT2D eigenvalue weighted by Gasteiger charge is -2.26. The number of amides is 4. The fourth-order valence-corrected chi connectivity index (χ4v) is 4.01. The zero-order chi connectivity index (χ0) is 19.7. The minimum Gasteiger partial charge on any atom is -0.454 e. The molecule has 1 aromatic carbocycles. The molecule has 1 aromatic heterocycles. The van der Waals surface area contributed by atoms with Gasteiger partial charge >= 0.3 is 12.1 Å². The Balaban J connectivity index is 1.38. The number of nitrogens with zero attached hydrogens (tertiary/aromatic N) is 2. The Morgan fingerprint density at radius 2 is 2.04 bits per heavy atom. The van der Waals surface area contributed by atoms with Crippen molar-refractivity contribution in [2.75, 3.05) is 24.0 Å². The minimum atomic E-state index is -0.279. The standard InChI is InChI=1S/C18H21N5O4S/c1-10(2)19-16(24)22-17-21-12-5-6-23(8-15(12)28-17)18(25)20-11-3-4-13-14(7-11)27-9-26-13/h3-4,7,10H,5-6,8-9H2,1-2H3,(H,20,25)(H2,19,21,22,24).